The maximum absolute atomic E-state index is 15.1. The lowest BCUT2D eigenvalue weighted by Crippen LogP contribution is -2.56. The quantitative estimate of drug-likeness (QED) is 0.0466. The normalized spacial score (nSPS) is 24.0. The van der Waals surface area contributed by atoms with Gasteiger partial charge in [-0.25, -0.2) is 19.2 Å². The molecular formula is C56H80N12O22S. The van der Waals surface area contributed by atoms with Crippen molar-refractivity contribution >= 4 is 105 Å². The molecule has 4 unspecified atom stereocenters. The number of Topliss-reactive ketones (excluding diaryl/α,β-unsaturated/α-hetero) is 2. The van der Waals surface area contributed by atoms with Crippen LogP contribution in [0.25, 0.3) is 10.9 Å². The number of nitrogens with two attached hydrogens (primary N) is 1. The highest BCUT2D eigenvalue weighted by Gasteiger charge is 2.45. The Kier molecular flexibility index (Phi) is 27.6. The molecule has 3 aliphatic rings. The Morgan fingerprint density at radius 3 is 2.08 bits per heavy atom. The predicted octanol–water partition coefficient (Wildman–Crippen LogP) is -4.53. The van der Waals surface area contributed by atoms with E-state index in [0.717, 1.165) is 4.90 Å². The van der Waals surface area contributed by atoms with Gasteiger partial charge < -0.3 is 98.8 Å². The number of carbonyl (C=O) groups excluding carboxylic acids is 11. The number of aliphatic hydroxyl groups is 3. The van der Waals surface area contributed by atoms with Crippen molar-refractivity contribution in [3.05, 3.63) is 23.8 Å². The number of benzene rings is 1. The maximum atomic E-state index is 15.1. The summed E-state index contributed by atoms with van der Waals surface area (Å²) in [7, 11) is -2.44. The van der Waals surface area contributed by atoms with Gasteiger partial charge >= 0.3 is 30.0 Å². The average molecular weight is 1310 g/mol. The molecule has 502 valence electrons. The molecule has 18 N–H and O–H groups in total. The van der Waals surface area contributed by atoms with E-state index in [2.05, 4.69) is 47.5 Å². The molecule has 0 saturated carbocycles. The number of nitrogens with zero attached hydrogens (tertiary/aromatic N) is 1. The third-order valence-corrected chi connectivity index (χ3v) is 17.3. The first-order valence-electron chi connectivity index (χ1n) is 29.5. The number of unbranched alkanes of at least 4 members (excludes halogenated alkanes) is 1. The molecule has 2 aromatic rings. The number of urea groups is 2. The van der Waals surface area contributed by atoms with Crippen LogP contribution in [0.15, 0.2) is 23.2 Å². The summed E-state index contributed by atoms with van der Waals surface area (Å²) in [4.78, 5) is 190. The number of carboxylic acids is 3. The molecule has 13 atom stereocenters. The number of amides is 11. The molecule has 35 heteroatoms. The van der Waals surface area contributed by atoms with Gasteiger partial charge in [0.2, 0.25) is 41.4 Å². The van der Waals surface area contributed by atoms with E-state index in [0.29, 0.717) is 6.42 Å². The second-order valence-corrected chi connectivity index (χ2v) is 24.0. The number of rotatable bonds is 23. The Balaban J connectivity index is 1.46. The number of fused-ring (bicyclic) bond motifs is 5. The number of nitrogens with one attached hydrogen (secondary N) is 10. The van der Waals surface area contributed by atoms with Crippen LogP contribution in [0.3, 0.4) is 0 Å². The van der Waals surface area contributed by atoms with E-state index in [9.17, 15) is 92.7 Å². The van der Waals surface area contributed by atoms with Gasteiger partial charge in [0.05, 0.1) is 78.5 Å². The third kappa shape index (κ3) is 21.4. The zero-order chi connectivity index (χ0) is 67.4. The van der Waals surface area contributed by atoms with Crippen LogP contribution in [-0.4, -0.2) is 228 Å². The van der Waals surface area contributed by atoms with Crippen LogP contribution in [0.1, 0.15) is 90.5 Å². The van der Waals surface area contributed by atoms with E-state index in [1.807, 2.05) is 5.32 Å². The van der Waals surface area contributed by atoms with Gasteiger partial charge in [0, 0.05) is 68.5 Å². The summed E-state index contributed by atoms with van der Waals surface area (Å²) in [5.74, 6) is -18.6. The molecule has 1 aromatic heterocycles. The number of ether oxygens (including phenoxy) is 1. The smallest absolute Gasteiger partial charge is 0.326 e. The molecular weight excluding hydrogens is 1220 g/mol. The van der Waals surface area contributed by atoms with Crippen LogP contribution in [0.2, 0.25) is 0 Å². The Hall–Kier alpha value is -8.83. The number of hydrogen-bond donors (Lipinski definition) is 17. The van der Waals surface area contributed by atoms with Gasteiger partial charge in [-0.15, -0.1) is 0 Å². The Labute approximate surface area is 522 Å². The number of aliphatic carboxylic acids is 3. The summed E-state index contributed by atoms with van der Waals surface area (Å²) in [5, 5.41) is 81.5. The summed E-state index contributed by atoms with van der Waals surface area (Å²) < 4.78 is 21.0. The highest BCUT2D eigenvalue weighted by Crippen LogP contribution is 2.33. The molecule has 2 bridgehead atoms. The zero-order valence-electron chi connectivity index (χ0n) is 50.2. The second kappa shape index (κ2) is 34.4. The van der Waals surface area contributed by atoms with E-state index in [1.54, 1.807) is 13.8 Å². The number of H-pyrrole nitrogens is 1. The van der Waals surface area contributed by atoms with Gasteiger partial charge in [0.25, 0.3) is 0 Å². The fourth-order valence-electron chi connectivity index (χ4n) is 10.6. The topological polar surface area (TPSA) is 540 Å². The van der Waals surface area contributed by atoms with Gasteiger partial charge in [-0.3, -0.25) is 52.2 Å². The Morgan fingerprint density at radius 1 is 0.791 bits per heavy atom. The summed E-state index contributed by atoms with van der Waals surface area (Å²) >= 11 is 0. The van der Waals surface area contributed by atoms with Crippen LogP contribution in [-0.2, 0) is 74.8 Å². The molecule has 3 aliphatic heterocycles. The molecule has 34 nitrogen and oxygen atoms in total. The monoisotopic (exact) mass is 1300 g/mol. The highest BCUT2D eigenvalue weighted by molar-refractivity contribution is 7.85. The Morgan fingerprint density at radius 2 is 1.44 bits per heavy atom. The number of aromatic nitrogens is 1. The lowest BCUT2D eigenvalue weighted by molar-refractivity contribution is -0.145. The first-order valence-corrected chi connectivity index (χ1v) is 30.8. The number of ketones is 2. The van der Waals surface area contributed by atoms with Crippen molar-refractivity contribution in [2.75, 3.05) is 51.7 Å². The predicted molar refractivity (Wildman–Crippen MR) is 315 cm³/mol. The van der Waals surface area contributed by atoms with Crippen molar-refractivity contribution in [1.29, 1.82) is 0 Å². The van der Waals surface area contributed by atoms with E-state index >= 15 is 4.21 Å². The Bertz CT molecular complexity index is 3090. The fourth-order valence-corrected chi connectivity index (χ4v) is 12.0. The molecule has 0 aliphatic carbocycles. The van der Waals surface area contributed by atoms with Crippen LogP contribution >= 0.6 is 0 Å². The van der Waals surface area contributed by atoms with Crippen molar-refractivity contribution in [3.63, 3.8) is 0 Å². The summed E-state index contributed by atoms with van der Waals surface area (Å²) in [6.45, 7) is 1.49. The minimum absolute atomic E-state index is 0.0465. The summed E-state index contributed by atoms with van der Waals surface area (Å²) in [6, 6.07) is -6.77. The van der Waals surface area contributed by atoms with E-state index in [1.165, 1.54) is 25.1 Å². The van der Waals surface area contributed by atoms with Crippen molar-refractivity contribution in [2.45, 2.75) is 145 Å². The molecule has 0 spiro atoms. The number of hydrogen-bond acceptors (Lipinski definition) is 19. The maximum Gasteiger partial charge on any atom is 0.326 e. The first kappa shape index (κ1) is 72.9. The molecule has 0 radical (unpaired) electrons. The lowest BCUT2D eigenvalue weighted by atomic mass is 9.85. The van der Waals surface area contributed by atoms with Gasteiger partial charge in [0.1, 0.15) is 41.5 Å². The van der Waals surface area contributed by atoms with E-state index in [4.69, 9.17) is 15.6 Å². The SMILES string of the molecule is CC[C@H](C)[C@@H]1NC(=O)CNC(=O)C2CC(=O)[C@H]([C@@H](C)[C@@H](O)CO)NC(=O)[C@@H]3CC(O)CN3C(=O)[C@H](CC(N)=O)CC(=O)C(CS(=O)c3[nH]c4cc(OCCNC(=O)NCCCC[C@H](NC(=O)N[C@@H](CCC(=O)O)C(=O)O)C(=O)O)ccc4c3C2)NC(=O)CNC1=O. The summed E-state index contributed by atoms with van der Waals surface area (Å²) in [5.41, 5.74) is 5.88. The zero-order valence-corrected chi connectivity index (χ0v) is 51.1. The molecule has 91 heavy (non-hydrogen) atoms. The molecule has 4 heterocycles. The standard InChI is InChI=1S/C56H80N12O22S/c1-4-26(2)46-50(81)61-21-43(75)62-37-25-91(89)51-33(32-9-8-31(20-36(32)63-51)90-14-13-59-55(87)58-12-6-5-7-34(53(83)84)64-56(88)65-35(54(85)86)10-11-45(77)78)15-28(48(79)60-22-44(76)66-46)16-40(72)47(27(3)41(73)24-69)67-49(80)38-19-30(70)23-68(38)52(82)29(17-39(37)71)18-42(57)74/h8-9,20,26-30,34-35,37-38,41,46-47,63,69-70,73H,4-7,10-19,21-25H2,1-3H3,(H2,57,74)(H,60,79)(H,61,81)(H,62,75)(H,66,76)(H,67,80)(H,77,78)(H,83,84)(H,85,86)(H2,58,59,87)(H2,64,65,88)/t26-,27-,28?,29-,30?,34-,35-,37?,38-,41-,46-,47-,91?/m0/s1. The number of carbonyl (C=O) groups is 14. The first-order chi connectivity index (χ1) is 43.0. The van der Waals surface area contributed by atoms with Crippen LogP contribution < -0.4 is 58.3 Å². The minimum Gasteiger partial charge on any atom is -0.492 e. The fraction of sp³-hybridized carbons (Fsp3) is 0.607. The van der Waals surface area contributed by atoms with Crippen molar-refractivity contribution < 1.29 is 107 Å². The van der Waals surface area contributed by atoms with Crippen molar-refractivity contribution in [1.82, 2.24) is 57.7 Å². The molecule has 1 aromatic carbocycles. The number of primary amides is 1. The van der Waals surface area contributed by atoms with Crippen LogP contribution in [0.4, 0.5) is 9.59 Å². The lowest BCUT2D eigenvalue weighted by Gasteiger charge is -2.32. The highest BCUT2D eigenvalue weighted by atomic mass is 32.2. The van der Waals surface area contributed by atoms with Gasteiger partial charge in [-0.2, -0.15) is 0 Å². The van der Waals surface area contributed by atoms with Crippen molar-refractivity contribution in [3.8, 4) is 5.75 Å². The third-order valence-electron chi connectivity index (χ3n) is 15.8. The van der Waals surface area contributed by atoms with E-state index < -0.39 is 243 Å². The second-order valence-electron chi connectivity index (χ2n) is 22.6. The number of aliphatic hydroxyl groups excluding tert-OH is 3. The molecule has 1 saturated heterocycles. The average Bonchev–Trinajstić information content (AvgIpc) is 1.71. The van der Waals surface area contributed by atoms with Gasteiger partial charge in [0.15, 0.2) is 11.6 Å². The van der Waals surface area contributed by atoms with Gasteiger partial charge in [-0.05, 0) is 55.7 Å². The summed E-state index contributed by atoms with van der Waals surface area (Å²) in [6.07, 6.45) is -6.80. The van der Waals surface area contributed by atoms with Gasteiger partial charge in [-0.1, -0.05) is 27.2 Å². The van der Waals surface area contributed by atoms with Crippen LogP contribution in [0, 0.1) is 23.7 Å². The van der Waals surface area contributed by atoms with Crippen molar-refractivity contribution in [2.24, 2.45) is 29.4 Å². The largest absolute Gasteiger partial charge is 0.492 e. The number of carboxylic acid groups (broad SMARTS) is 3. The molecule has 5 rings (SSSR count). The molecule has 1 fully saturated rings. The molecule has 11 amide bonds. The minimum atomic E-state index is -2.44. The van der Waals surface area contributed by atoms with E-state index in [-0.39, 0.29) is 66.2 Å². The number of aromatic amines is 1. The van der Waals surface area contributed by atoms with Crippen LogP contribution in [0.5, 0.6) is 5.75 Å².